The van der Waals surface area contributed by atoms with Crippen LogP contribution in [0.1, 0.15) is 42.5 Å². The van der Waals surface area contributed by atoms with Crippen molar-refractivity contribution in [3.05, 3.63) is 211 Å². The molecule has 4 heterocycles. The van der Waals surface area contributed by atoms with E-state index in [-0.39, 0.29) is 12.0 Å². The van der Waals surface area contributed by atoms with Crippen molar-refractivity contribution in [1.82, 2.24) is 4.57 Å². The van der Waals surface area contributed by atoms with Gasteiger partial charge in [-0.1, -0.05) is 153 Å². The number of aromatic nitrogens is 1. The Kier molecular flexibility index (Phi) is 8.08. The van der Waals surface area contributed by atoms with E-state index >= 15 is 0 Å². The molecule has 0 N–H and O–H groups in total. The minimum atomic E-state index is -0.124. The molecule has 3 aromatic heterocycles. The molecule has 0 amide bonds. The maximum absolute atomic E-state index is 7.18. The largest absolute Gasteiger partial charge is 0.456 e. The van der Waals surface area contributed by atoms with Gasteiger partial charge in [0.2, 0.25) is 0 Å². The van der Waals surface area contributed by atoms with E-state index in [1.165, 1.54) is 37.9 Å². The lowest BCUT2D eigenvalue weighted by molar-refractivity contribution is 0.448. The van der Waals surface area contributed by atoms with Crippen molar-refractivity contribution in [2.24, 2.45) is 15.9 Å². The van der Waals surface area contributed by atoms with E-state index in [2.05, 4.69) is 193 Å². The van der Waals surface area contributed by atoms with Crippen molar-refractivity contribution in [2.45, 2.75) is 25.8 Å². The van der Waals surface area contributed by atoms with Gasteiger partial charge in [0, 0.05) is 43.3 Å². The second-order valence-electron chi connectivity index (χ2n) is 18.0. The fraction of sp³-hybridized carbons (Fsp3) is 0.0820. The van der Waals surface area contributed by atoms with E-state index < -0.39 is 0 Å². The van der Waals surface area contributed by atoms with Crippen LogP contribution < -0.4 is 0 Å². The van der Waals surface area contributed by atoms with E-state index in [0.717, 1.165) is 101 Å². The molecule has 1 aliphatic heterocycles. The van der Waals surface area contributed by atoms with Crippen LogP contribution >= 0.6 is 0 Å². The van der Waals surface area contributed by atoms with Gasteiger partial charge < -0.3 is 13.4 Å². The molecule has 0 saturated carbocycles. The molecule has 0 fully saturated rings. The van der Waals surface area contributed by atoms with Crippen molar-refractivity contribution < 1.29 is 8.83 Å². The SMILES string of the molecule is CC1CCC(c2cc(-n3c4ccccc4c4cc5ccccc5cc43)c3oc4c5ccccc5ccc4c3c2)=NC(c2cccc3oc4ccccc4c23)=NC1c1cccc2ccccc12. The first-order valence-corrected chi connectivity index (χ1v) is 23.0. The monoisotopic (exact) mass is 847 g/mol. The zero-order valence-corrected chi connectivity index (χ0v) is 36.2. The highest BCUT2D eigenvalue weighted by Crippen LogP contribution is 2.43. The highest BCUT2D eigenvalue weighted by Gasteiger charge is 2.28. The van der Waals surface area contributed by atoms with Crippen molar-refractivity contribution in [3.8, 4) is 5.69 Å². The van der Waals surface area contributed by atoms with Gasteiger partial charge in [0.25, 0.3) is 0 Å². The molecule has 0 spiro atoms. The molecule has 14 rings (SSSR count). The molecule has 5 heteroatoms. The summed E-state index contributed by atoms with van der Waals surface area (Å²) in [6.07, 6.45) is 1.65. The van der Waals surface area contributed by atoms with Crippen LogP contribution in [-0.4, -0.2) is 16.1 Å². The number of para-hydroxylation sites is 2. The molecule has 2 atom stereocenters. The average Bonchev–Trinajstić information content (AvgIpc) is 4.04. The Labute approximate surface area is 379 Å². The first-order valence-electron chi connectivity index (χ1n) is 23.0. The van der Waals surface area contributed by atoms with Crippen LogP contribution in [0.2, 0.25) is 0 Å². The van der Waals surface area contributed by atoms with Crippen LogP contribution in [0, 0.1) is 5.92 Å². The van der Waals surface area contributed by atoms with Gasteiger partial charge in [0.1, 0.15) is 16.7 Å². The van der Waals surface area contributed by atoms with E-state index in [9.17, 15) is 0 Å². The molecule has 5 nitrogen and oxygen atoms in total. The minimum absolute atomic E-state index is 0.124. The number of hydrogen-bond donors (Lipinski definition) is 0. The third-order valence-corrected chi connectivity index (χ3v) is 14.2. The molecule has 0 radical (unpaired) electrons. The molecule has 13 aromatic rings. The predicted octanol–water partition coefficient (Wildman–Crippen LogP) is 16.4. The summed E-state index contributed by atoms with van der Waals surface area (Å²) >= 11 is 0. The van der Waals surface area contributed by atoms with Gasteiger partial charge in [0.15, 0.2) is 11.4 Å². The molecule has 66 heavy (non-hydrogen) atoms. The highest BCUT2D eigenvalue weighted by molar-refractivity contribution is 6.24. The molecule has 0 bridgehead atoms. The second-order valence-corrected chi connectivity index (χ2v) is 18.0. The van der Waals surface area contributed by atoms with Crippen molar-refractivity contribution in [1.29, 1.82) is 0 Å². The Morgan fingerprint density at radius 1 is 0.485 bits per heavy atom. The first kappa shape index (κ1) is 37.1. The molecule has 2 unspecified atom stereocenters. The summed E-state index contributed by atoms with van der Waals surface area (Å²) in [5, 5.41) is 13.7. The number of nitrogens with zero attached hydrogens (tertiary/aromatic N) is 3. The second kappa shape index (κ2) is 14.4. The number of rotatable bonds is 4. The van der Waals surface area contributed by atoms with Crippen LogP contribution in [-0.2, 0) is 0 Å². The van der Waals surface area contributed by atoms with Crippen molar-refractivity contribution >= 4 is 110 Å². The fourth-order valence-electron chi connectivity index (χ4n) is 11.0. The fourth-order valence-corrected chi connectivity index (χ4v) is 11.0. The molecule has 0 aliphatic carbocycles. The number of furan rings is 2. The third kappa shape index (κ3) is 5.59. The van der Waals surface area contributed by atoms with Crippen LogP contribution in [0.5, 0.6) is 0 Å². The van der Waals surface area contributed by atoms with Crippen LogP contribution in [0.4, 0.5) is 0 Å². The summed E-state index contributed by atoms with van der Waals surface area (Å²) in [4.78, 5) is 11.6. The normalized spacial score (nSPS) is 16.0. The van der Waals surface area contributed by atoms with Gasteiger partial charge in [-0.2, -0.15) is 0 Å². The average molecular weight is 848 g/mol. The van der Waals surface area contributed by atoms with Crippen molar-refractivity contribution in [3.63, 3.8) is 0 Å². The van der Waals surface area contributed by atoms with E-state index in [0.29, 0.717) is 5.84 Å². The van der Waals surface area contributed by atoms with Crippen LogP contribution in [0.25, 0.3) is 104 Å². The standard InChI is InChI=1S/C61H41N3O2/c1-36-28-31-51(62-61(63-58(36)45-23-12-18-37-14-4-6-19-42(37)45)48-24-13-27-56-57(48)47-22-9-11-26-55(47)65-56)41-33-50-46-30-29-38-15-5-7-20-43(38)59(46)66-60(50)54(35-41)64-52-25-10-8-21-44(52)49-32-39-16-2-3-17-40(39)34-53(49)64/h2-27,29-30,32-36,58H,28,31H2,1H3. The van der Waals surface area contributed by atoms with Gasteiger partial charge in [-0.3, -0.25) is 4.99 Å². The maximum atomic E-state index is 7.18. The molecular weight excluding hydrogens is 807 g/mol. The summed E-state index contributed by atoms with van der Waals surface area (Å²) in [6, 6.07) is 69.5. The smallest absolute Gasteiger partial charge is 0.159 e. The predicted molar refractivity (Wildman–Crippen MR) is 275 cm³/mol. The van der Waals surface area contributed by atoms with Crippen molar-refractivity contribution in [2.75, 3.05) is 0 Å². The third-order valence-electron chi connectivity index (χ3n) is 14.2. The van der Waals surface area contributed by atoms with E-state index in [1.807, 2.05) is 12.1 Å². The number of hydrogen-bond acceptors (Lipinski definition) is 4. The van der Waals surface area contributed by atoms with E-state index in [1.54, 1.807) is 0 Å². The lowest BCUT2D eigenvalue weighted by Crippen LogP contribution is -2.18. The zero-order chi connectivity index (χ0) is 43.5. The Morgan fingerprint density at radius 2 is 1.17 bits per heavy atom. The summed E-state index contributed by atoms with van der Waals surface area (Å²) in [5.74, 6) is 0.909. The Balaban J connectivity index is 1.08. The van der Waals surface area contributed by atoms with Gasteiger partial charge >= 0.3 is 0 Å². The van der Waals surface area contributed by atoms with Gasteiger partial charge in [-0.25, -0.2) is 4.99 Å². The maximum Gasteiger partial charge on any atom is 0.159 e. The number of aliphatic imine (C=N–C) groups is 2. The van der Waals surface area contributed by atoms with Crippen LogP contribution in [0.3, 0.4) is 0 Å². The van der Waals surface area contributed by atoms with Gasteiger partial charge in [0.05, 0.1) is 28.5 Å². The summed E-state index contributed by atoms with van der Waals surface area (Å²) in [7, 11) is 0. The molecule has 0 saturated heterocycles. The van der Waals surface area contributed by atoms with E-state index in [4.69, 9.17) is 18.8 Å². The minimum Gasteiger partial charge on any atom is -0.456 e. The molecule has 1 aliphatic rings. The Hall–Kier alpha value is -8.28. The van der Waals surface area contributed by atoms with Crippen LogP contribution in [0.15, 0.2) is 213 Å². The van der Waals surface area contributed by atoms with Gasteiger partial charge in [-0.05, 0) is 105 Å². The zero-order valence-electron chi connectivity index (χ0n) is 36.2. The quantitative estimate of drug-likeness (QED) is 0.177. The Bertz CT molecular complexity index is 4210. The lowest BCUT2D eigenvalue weighted by Gasteiger charge is -2.26. The molecular formula is C61H41N3O2. The number of fused-ring (bicyclic) bond motifs is 13. The summed E-state index contributed by atoms with van der Waals surface area (Å²) in [5.41, 5.74) is 10.9. The number of benzene rings is 10. The molecule has 10 aromatic carbocycles. The summed E-state index contributed by atoms with van der Waals surface area (Å²) < 4.78 is 16.1. The summed E-state index contributed by atoms with van der Waals surface area (Å²) in [6.45, 7) is 2.36. The number of amidine groups is 1. The first-order chi connectivity index (χ1) is 32.6. The Morgan fingerprint density at radius 3 is 2.03 bits per heavy atom. The topological polar surface area (TPSA) is 55.9 Å². The lowest BCUT2D eigenvalue weighted by atomic mass is 9.86. The highest BCUT2D eigenvalue weighted by atomic mass is 16.3. The molecule has 312 valence electrons. The van der Waals surface area contributed by atoms with Gasteiger partial charge in [-0.15, -0.1) is 0 Å².